The van der Waals surface area contributed by atoms with Gasteiger partial charge in [-0.2, -0.15) is 5.26 Å². The predicted molar refractivity (Wildman–Crippen MR) is 112 cm³/mol. The molecule has 1 aromatic carbocycles. The fraction of sp³-hybridized carbons (Fsp3) is 0.350. The van der Waals surface area contributed by atoms with Crippen molar-refractivity contribution in [1.29, 1.82) is 5.26 Å². The molecule has 0 saturated carbocycles. The van der Waals surface area contributed by atoms with Crippen LogP contribution in [0.1, 0.15) is 30.9 Å². The van der Waals surface area contributed by atoms with E-state index in [1.54, 1.807) is 35.6 Å². The Hall–Kier alpha value is -2.67. The number of hydrogen-bond acceptors (Lipinski definition) is 5. The van der Waals surface area contributed by atoms with Gasteiger partial charge in [0.05, 0.1) is 29.4 Å². The number of hydrogen-bond donors (Lipinski definition) is 3. The topological polar surface area (TPSA) is 107 Å². The normalized spacial score (nSPS) is 26.8. The zero-order chi connectivity index (χ0) is 20.6. The molecule has 9 heteroatoms. The summed E-state index contributed by atoms with van der Waals surface area (Å²) >= 11 is 0. The number of benzene rings is 1. The van der Waals surface area contributed by atoms with Crippen LogP contribution in [0.4, 0.5) is 4.39 Å². The molecule has 2 aliphatic heterocycles. The minimum atomic E-state index is -3.04. The lowest BCUT2D eigenvalue weighted by Gasteiger charge is -2.45. The molecule has 7 nitrogen and oxygen atoms in total. The number of thiol groups is 1. The summed E-state index contributed by atoms with van der Waals surface area (Å²) in [5.74, 6) is -0.280. The molecule has 2 atom stereocenters. The summed E-state index contributed by atoms with van der Waals surface area (Å²) in [7, 11) is -3.04. The lowest BCUT2D eigenvalue weighted by molar-refractivity contribution is 0.411. The van der Waals surface area contributed by atoms with Gasteiger partial charge < -0.3 is 5.73 Å². The van der Waals surface area contributed by atoms with Gasteiger partial charge in [-0.15, -0.1) is 0 Å². The maximum Gasteiger partial charge on any atom is 0.128 e. The average molecular weight is 415 g/mol. The Morgan fingerprint density at radius 2 is 2.21 bits per heavy atom. The van der Waals surface area contributed by atoms with Gasteiger partial charge in [-0.3, -0.25) is 18.5 Å². The van der Waals surface area contributed by atoms with E-state index in [0.29, 0.717) is 35.2 Å². The molecule has 1 fully saturated rings. The number of nitrogens with two attached hydrogens (primary N) is 1. The van der Waals surface area contributed by atoms with Crippen LogP contribution in [0.2, 0.25) is 0 Å². The van der Waals surface area contributed by atoms with E-state index in [-0.39, 0.29) is 11.9 Å². The van der Waals surface area contributed by atoms with Crippen LogP contribution in [0.5, 0.6) is 0 Å². The minimum absolute atomic E-state index is 0.140. The molecule has 0 bridgehead atoms. The molecular weight excluding hydrogens is 391 g/mol. The number of aliphatic imine (C=N–C) groups is 1. The highest BCUT2D eigenvalue weighted by molar-refractivity contribution is 7.99. The second-order valence-corrected chi connectivity index (χ2v) is 10.1. The van der Waals surface area contributed by atoms with E-state index in [4.69, 9.17) is 11.0 Å². The molecule has 4 rings (SSSR count). The Morgan fingerprint density at radius 3 is 3.00 bits per heavy atom. The third-order valence-corrected chi connectivity index (χ3v) is 8.39. The van der Waals surface area contributed by atoms with Crippen LogP contribution in [-0.2, 0) is 15.8 Å². The van der Waals surface area contributed by atoms with E-state index in [1.807, 2.05) is 0 Å². The molecule has 0 radical (unpaired) electrons. The van der Waals surface area contributed by atoms with Crippen molar-refractivity contribution in [2.45, 2.75) is 31.5 Å². The van der Waals surface area contributed by atoms with Crippen LogP contribution >= 0.6 is 0 Å². The third kappa shape index (κ3) is 3.55. The van der Waals surface area contributed by atoms with E-state index in [9.17, 15) is 8.60 Å². The van der Waals surface area contributed by atoms with E-state index in [2.05, 4.69) is 20.8 Å². The van der Waals surface area contributed by atoms with Crippen LogP contribution < -0.4 is 10.5 Å². The van der Waals surface area contributed by atoms with Crippen molar-refractivity contribution in [2.75, 3.05) is 12.3 Å². The van der Waals surface area contributed by atoms with Gasteiger partial charge in [-0.25, -0.2) is 9.11 Å². The van der Waals surface area contributed by atoms with Gasteiger partial charge in [0.15, 0.2) is 0 Å². The van der Waals surface area contributed by atoms with Crippen LogP contribution in [0.15, 0.2) is 41.7 Å². The van der Waals surface area contributed by atoms with Gasteiger partial charge in [-0.1, -0.05) is 6.07 Å². The van der Waals surface area contributed by atoms with Crippen molar-refractivity contribution >= 4 is 16.6 Å². The molecule has 152 valence electrons. The Labute approximate surface area is 170 Å². The lowest BCUT2D eigenvalue weighted by Crippen LogP contribution is -2.59. The average Bonchev–Trinajstić information content (AvgIpc) is 2.85. The highest BCUT2D eigenvalue weighted by Crippen LogP contribution is 2.37. The fourth-order valence-electron chi connectivity index (χ4n) is 3.90. The van der Waals surface area contributed by atoms with E-state index >= 15 is 0 Å². The van der Waals surface area contributed by atoms with Crippen molar-refractivity contribution in [3.63, 3.8) is 0 Å². The van der Waals surface area contributed by atoms with Gasteiger partial charge in [-0.05, 0) is 43.5 Å². The summed E-state index contributed by atoms with van der Waals surface area (Å²) in [4.78, 5) is 8.66. The van der Waals surface area contributed by atoms with Crippen LogP contribution in [0, 0.1) is 17.1 Å². The molecule has 3 heterocycles. The van der Waals surface area contributed by atoms with Gasteiger partial charge >= 0.3 is 0 Å². The SMILES string of the molecule is C[C@@]1(c2cc(-c3cncc(C#N)c3)ccc2F)C[SH]2(=O)NCCCC(N)N2C=N1. The number of pyridine rings is 1. The summed E-state index contributed by atoms with van der Waals surface area (Å²) in [6.07, 6.45) is 5.77. The maximum absolute atomic E-state index is 14.9. The number of aromatic nitrogens is 1. The first kappa shape index (κ1) is 19.6. The first-order chi connectivity index (χ1) is 13.8. The molecule has 0 amide bonds. The Balaban J connectivity index is 1.77. The highest BCUT2D eigenvalue weighted by atomic mass is 32.3. The number of nitriles is 1. The highest BCUT2D eigenvalue weighted by Gasteiger charge is 2.42. The zero-order valence-corrected chi connectivity index (χ0v) is 16.9. The molecule has 3 N–H and O–H groups in total. The van der Waals surface area contributed by atoms with E-state index < -0.39 is 21.7 Å². The van der Waals surface area contributed by atoms with Gasteiger partial charge in [0, 0.05) is 40.4 Å². The van der Waals surface area contributed by atoms with Crippen LogP contribution in [0.25, 0.3) is 11.1 Å². The standard InChI is InChI=1S/C20H23FN6OS/c1-20(12-29(28)26-6-2-3-19(23)27(29)13-25-20)17-8-15(4-5-18(17)21)16-7-14(9-22)10-24-11-16/h4-5,7-8,10-11,13,19,29H,2-3,6,12,23H2,1H3,(H,26,28)/t19?,20-/m0/s1. The van der Waals surface area contributed by atoms with Crippen LogP contribution in [-0.4, -0.2) is 38.3 Å². The largest absolute Gasteiger partial charge is 0.310 e. The molecule has 2 aliphatic rings. The molecular formula is C20H23FN6OS. The number of nitrogens with one attached hydrogen (secondary N) is 1. The summed E-state index contributed by atoms with van der Waals surface area (Å²) < 4.78 is 33.3. The lowest BCUT2D eigenvalue weighted by atomic mass is 9.91. The first-order valence-electron chi connectivity index (χ1n) is 9.44. The Kier molecular flexibility index (Phi) is 4.94. The monoisotopic (exact) mass is 414 g/mol. The Morgan fingerprint density at radius 1 is 1.38 bits per heavy atom. The first-order valence-corrected chi connectivity index (χ1v) is 11.3. The van der Waals surface area contributed by atoms with Crippen molar-refractivity contribution < 1.29 is 8.60 Å². The second kappa shape index (κ2) is 7.30. The molecule has 1 unspecified atom stereocenters. The number of halogens is 1. The maximum atomic E-state index is 14.9. The number of fused-ring (bicyclic) bond motifs is 1. The second-order valence-electron chi connectivity index (χ2n) is 7.64. The van der Waals surface area contributed by atoms with Crippen molar-refractivity contribution in [1.82, 2.24) is 14.0 Å². The number of rotatable bonds is 2. The van der Waals surface area contributed by atoms with Gasteiger partial charge in [0.1, 0.15) is 11.9 Å². The molecule has 0 spiro atoms. The molecule has 0 aliphatic carbocycles. The third-order valence-electron chi connectivity index (χ3n) is 5.48. The fourth-order valence-corrected chi connectivity index (χ4v) is 6.75. The minimum Gasteiger partial charge on any atom is -0.310 e. The molecule has 1 aromatic heterocycles. The Bertz CT molecular complexity index is 1070. The quantitative estimate of drug-likeness (QED) is 0.652. The van der Waals surface area contributed by atoms with Gasteiger partial charge in [0.25, 0.3) is 0 Å². The van der Waals surface area contributed by atoms with Crippen molar-refractivity contribution in [3.05, 3.63) is 53.6 Å². The molecule has 2 aromatic rings. The molecule has 1 saturated heterocycles. The zero-order valence-electron chi connectivity index (χ0n) is 16.0. The smallest absolute Gasteiger partial charge is 0.128 e. The van der Waals surface area contributed by atoms with Crippen LogP contribution in [0.3, 0.4) is 0 Å². The van der Waals surface area contributed by atoms with E-state index in [1.165, 1.54) is 18.6 Å². The molecule has 29 heavy (non-hydrogen) atoms. The summed E-state index contributed by atoms with van der Waals surface area (Å²) in [5, 5.41) is 9.11. The number of nitrogens with zero attached hydrogens (tertiary/aromatic N) is 4. The van der Waals surface area contributed by atoms with Crippen molar-refractivity contribution in [3.8, 4) is 17.2 Å². The summed E-state index contributed by atoms with van der Waals surface area (Å²) in [5.41, 5.74) is 7.36. The predicted octanol–water partition coefficient (Wildman–Crippen LogP) is 1.83. The van der Waals surface area contributed by atoms with Crippen molar-refractivity contribution in [2.24, 2.45) is 10.7 Å². The van der Waals surface area contributed by atoms with E-state index in [0.717, 1.165) is 6.42 Å². The van der Waals surface area contributed by atoms with Gasteiger partial charge in [0.2, 0.25) is 0 Å². The summed E-state index contributed by atoms with van der Waals surface area (Å²) in [6.45, 7) is 2.38. The summed E-state index contributed by atoms with van der Waals surface area (Å²) in [6, 6.07) is 8.47.